The first kappa shape index (κ1) is 15.0. The summed E-state index contributed by atoms with van der Waals surface area (Å²) >= 11 is 0. The standard InChI is InChI=1S/C12H20N4O.ClH/c1-2-14-12(17)11-7-15-16(9-11)8-10-3-5-13-6-4-10;/h7,9-10,13H,2-6,8H2,1H3,(H,14,17);1H. The molecule has 0 aliphatic carbocycles. The molecule has 102 valence electrons. The number of hydrogen-bond donors (Lipinski definition) is 2. The molecule has 0 atom stereocenters. The normalized spacial score (nSPS) is 16.1. The van der Waals surface area contributed by atoms with Crippen molar-refractivity contribution in [1.29, 1.82) is 0 Å². The average molecular weight is 273 g/mol. The van der Waals surface area contributed by atoms with E-state index in [0.29, 0.717) is 18.0 Å². The molecule has 2 heterocycles. The lowest BCUT2D eigenvalue weighted by atomic mass is 9.98. The highest BCUT2D eigenvalue weighted by molar-refractivity contribution is 5.93. The Morgan fingerprint density at radius 1 is 1.56 bits per heavy atom. The van der Waals surface area contributed by atoms with Crippen molar-refractivity contribution in [3.05, 3.63) is 18.0 Å². The van der Waals surface area contributed by atoms with Gasteiger partial charge in [-0.2, -0.15) is 5.10 Å². The van der Waals surface area contributed by atoms with E-state index >= 15 is 0 Å². The van der Waals surface area contributed by atoms with Crippen LogP contribution >= 0.6 is 12.4 Å². The van der Waals surface area contributed by atoms with Crippen LogP contribution in [0, 0.1) is 5.92 Å². The summed E-state index contributed by atoms with van der Waals surface area (Å²) in [5, 5.41) is 10.4. The number of amides is 1. The molecule has 0 radical (unpaired) electrons. The SMILES string of the molecule is CCNC(=O)c1cnn(CC2CCNCC2)c1.Cl. The lowest BCUT2D eigenvalue weighted by Gasteiger charge is -2.22. The summed E-state index contributed by atoms with van der Waals surface area (Å²) in [4.78, 5) is 11.6. The maximum atomic E-state index is 11.6. The van der Waals surface area contributed by atoms with Crippen molar-refractivity contribution in [2.24, 2.45) is 5.92 Å². The summed E-state index contributed by atoms with van der Waals surface area (Å²) in [5.41, 5.74) is 0.654. The van der Waals surface area contributed by atoms with Crippen molar-refractivity contribution in [3.8, 4) is 0 Å². The third-order valence-corrected chi connectivity index (χ3v) is 3.14. The van der Waals surface area contributed by atoms with Crippen LogP contribution in [0.5, 0.6) is 0 Å². The minimum atomic E-state index is -0.0379. The van der Waals surface area contributed by atoms with Gasteiger partial charge in [-0.05, 0) is 38.8 Å². The molecular weight excluding hydrogens is 252 g/mol. The first-order chi connectivity index (χ1) is 8.29. The molecule has 6 heteroatoms. The zero-order valence-electron chi connectivity index (χ0n) is 10.7. The topological polar surface area (TPSA) is 59.0 Å². The van der Waals surface area contributed by atoms with E-state index in [0.717, 1.165) is 19.6 Å². The zero-order valence-corrected chi connectivity index (χ0v) is 11.5. The maximum Gasteiger partial charge on any atom is 0.254 e. The molecule has 1 aromatic rings. The molecule has 1 aliphatic heterocycles. The van der Waals surface area contributed by atoms with E-state index in [4.69, 9.17) is 0 Å². The zero-order chi connectivity index (χ0) is 12.1. The van der Waals surface area contributed by atoms with Crippen molar-refractivity contribution in [2.45, 2.75) is 26.3 Å². The predicted octanol–water partition coefficient (Wildman–Crippen LogP) is 1.05. The molecule has 1 amide bonds. The third-order valence-electron chi connectivity index (χ3n) is 3.14. The number of rotatable bonds is 4. The molecule has 1 aromatic heterocycles. The molecular formula is C12H21ClN4O. The largest absolute Gasteiger partial charge is 0.352 e. The molecule has 2 rings (SSSR count). The highest BCUT2D eigenvalue weighted by Gasteiger charge is 2.15. The summed E-state index contributed by atoms with van der Waals surface area (Å²) < 4.78 is 1.89. The van der Waals surface area contributed by atoms with Gasteiger partial charge in [0.05, 0.1) is 11.8 Å². The first-order valence-corrected chi connectivity index (χ1v) is 6.31. The van der Waals surface area contributed by atoms with Crippen LogP contribution in [-0.4, -0.2) is 35.3 Å². The Kier molecular flexibility index (Phi) is 6.15. The Labute approximate surface area is 114 Å². The van der Waals surface area contributed by atoms with Crippen LogP contribution < -0.4 is 10.6 Å². The van der Waals surface area contributed by atoms with Gasteiger partial charge in [0.15, 0.2) is 0 Å². The van der Waals surface area contributed by atoms with Crippen molar-refractivity contribution in [1.82, 2.24) is 20.4 Å². The van der Waals surface area contributed by atoms with Gasteiger partial charge in [-0.25, -0.2) is 0 Å². The van der Waals surface area contributed by atoms with Crippen LogP contribution in [0.25, 0.3) is 0 Å². The van der Waals surface area contributed by atoms with Crippen LogP contribution in [0.3, 0.4) is 0 Å². The fraction of sp³-hybridized carbons (Fsp3) is 0.667. The van der Waals surface area contributed by atoms with Crippen LogP contribution in [0.15, 0.2) is 12.4 Å². The van der Waals surface area contributed by atoms with Gasteiger partial charge in [0.25, 0.3) is 5.91 Å². The molecule has 1 aliphatic rings. The molecule has 0 unspecified atom stereocenters. The van der Waals surface area contributed by atoms with Gasteiger partial charge in [0.1, 0.15) is 0 Å². The first-order valence-electron chi connectivity index (χ1n) is 6.31. The lowest BCUT2D eigenvalue weighted by molar-refractivity contribution is 0.0955. The van der Waals surface area contributed by atoms with E-state index in [1.807, 2.05) is 17.8 Å². The molecule has 0 spiro atoms. The van der Waals surface area contributed by atoms with E-state index in [-0.39, 0.29) is 18.3 Å². The molecule has 0 aromatic carbocycles. The number of piperidine rings is 1. The van der Waals surface area contributed by atoms with E-state index in [1.54, 1.807) is 6.20 Å². The quantitative estimate of drug-likeness (QED) is 0.862. The predicted molar refractivity (Wildman–Crippen MR) is 73.1 cm³/mol. The second-order valence-corrected chi connectivity index (χ2v) is 4.50. The Hall–Kier alpha value is -1.07. The summed E-state index contributed by atoms with van der Waals surface area (Å²) in [6, 6.07) is 0. The van der Waals surface area contributed by atoms with Gasteiger partial charge < -0.3 is 10.6 Å². The smallest absolute Gasteiger partial charge is 0.254 e. The molecule has 18 heavy (non-hydrogen) atoms. The summed E-state index contributed by atoms with van der Waals surface area (Å²) in [6.45, 7) is 5.67. The monoisotopic (exact) mass is 272 g/mol. The third kappa shape index (κ3) is 3.99. The molecule has 1 fully saturated rings. The van der Waals surface area contributed by atoms with Crippen LogP contribution in [-0.2, 0) is 6.54 Å². The van der Waals surface area contributed by atoms with Crippen LogP contribution in [0.4, 0.5) is 0 Å². The van der Waals surface area contributed by atoms with E-state index in [2.05, 4.69) is 15.7 Å². The van der Waals surface area contributed by atoms with Crippen molar-refractivity contribution in [2.75, 3.05) is 19.6 Å². The van der Waals surface area contributed by atoms with Crippen molar-refractivity contribution >= 4 is 18.3 Å². The number of nitrogens with zero attached hydrogens (tertiary/aromatic N) is 2. The average Bonchev–Trinajstić information content (AvgIpc) is 2.79. The minimum Gasteiger partial charge on any atom is -0.352 e. The van der Waals surface area contributed by atoms with Gasteiger partial charge in [-0.3, -0.25) is 9.48 Å². The summed E-state index contributed by atoms with van der Waals surface area (Å²) in [6.07, 6.45) is 5.87. The minimum absolute atomic E-state index is 0. The number of nitrogens with one attached hydrogen (secondary N) is 2. The molecule has 2 N–H and O–H groups in total. The van der Waals surface area contributed by atoms with E-state index in [1.165, 1.54) is 12.8 Å². The lowest BCUT2D eigenvalue weighted by Crippen LogP contribution is -2.30. The Bertz CT molecular complexity index is 374. The van der Waals surface area contributed by atoms with Crippen molar-refractivity contribution in [3.63, 3.8) is 0 Å². The van der Waals surface area contributed by atoms with Gasteiger partial charge in [0, 0.05) is 19.3 Å². The Balaban J connectivity index is 0.00000162. The van der Waals surface area contributed by atoms with Crippen LogP contribution in [0.2, 0.25) is 0 Å². The van der Waals surface area contributed by atoms with Gasteiger partial charge >= 0.3 is 0 Å². The van der Waals surface area contributed by atoms with Gasteiger partial charge in [-0.15, -0.1) is 12.4 Å². The highest BCUT2D eigenvalue weighted by Crippen LogP contribution is 2.14. The van der Waals surface area contributed by atoms with Gasteiger partial charge in [0.2, 0.25) is 0 Å². The maximum absolute atomic E-state index is 11.6. The van der Waals surface area contributed by atoms with Crippen LogP contribution in [0.1, 0.15) is 30.1 Å². The van der Waals surface area contributed by atoms with Crippen molar-refractivity contribution < 1.29 is 4.79 Å². The fourth-order valence-electron chi connectivity index (χ4n) is 2.17. The van der Waals surface area contributed by atoms with E-state index < -0.39 is 0 Å². The number of carbonyl (C=O) groups is 1. The number of hydrogen-bond acceptors (Lipinski definition) is 3. The highest BCUT2D eigenvalue weighted by atomic mass is 35.5. The Morgan fingerprint density at radius 2 is 2.28 bits per heavy atom. The number of aromatic nitrogens is 2. The Morgan fingerprint density at radius 3 is 2.94 bits per heavy atom. The molecule has 0 bridgehead atoms. The summed E-state index contributed by atoms with van der Waals surface area (Å²) in [7, 11) is 0. The van der Waals surface area contributed by atoms with E-state index in [9.17, 15) is 4.79 Å². The molecule has 0 saturated carbocycles. The number of carbonyl (C=O) groups excluding carboxylic acids is 1. The number of halogens is 1. The molecule has 1 saturated heterocycles. The fourth-order valence-corrected chi connectivity index (χ4v) is 2.17. The van der Waals surface area contributed by atoms with Gasteiger partial charge in [-0.1, -0.05) is 0 Å². The summed E-state index contributed by atoms with van der Waals surface area (Å²) in [5.74, 6) is 0.641. The second kappa shape index (κ2) is 7.38. The molecule has 5 nitrogen and oxygen atoms in total. The second-order valence-electron chi connectivity index (χ2n) is 4.50.